The van der Waals surface area contributed by atoms with Crippen LogP contribution in [-0.4, -0.2) is 11.1 Å². The Bertz CT molecular complexity index is 506. The van der Waals surface area contributed by atoms with Gasteiger partial charge in [-0.3, -0.25) is 0 Å². The molecule has 0 unspecified atom stereocenters. The van der Waals surface area contributed by atoms with Crippen LogP contribution in [0.1, 0.15) is 15.9 Å². The van der Waals surface area contributed by atoms with E-state index < -0.39 is 5.97 Å². The second kappa shape index (κ2) is 5.16. The van der Waals surface area contributed by atoms with E-state index in [4.69, 9.17) is 9.84 Å². The van der Waals surface area contributed by atoms with E-state index in [0.717, 1.165) is 11.3 Å². The lowest BCUT2D eigenvalue weighted by atomic mass is 10.1. The molecule has 17 heavy (non-hydrogen) atoms. The standard InChI is InChI=1S/C14H12O3/c15-14(16)12-6-4-5-11(9-12)10-17-13-7-2-1-3-8-13/h1-9H,10H2,(H,15,16). The SMILES string of the molecule is O=C(O)c1cccc(COc2ccccc2)c1. The second-order valence-electron chi connectivity index (χ2n) is 3.61. The Hall–Kier alpha value is -2.29. The quantitative estimate of drug-likeness (QED) is 0.875. The molecule has 0 radical (unpaired) electrons. The summed E-state index contributed by atoms with van der Waals surface area (Å²) < 4.78 is 5.53. The average Bonchev–Trinajstić information content (AvgIpc) is 2.38. The Balaban J connectivity index is 2.04. The maximum absolute atomic E-state index is 10.8. The highest BCUT2D eigenvalue weighted by Gasteiger charge is 2.03. The highest BCUT2D eigenvalue weighted by molar-refractivity contribution is 5.87. The number of carbonyl (C=O) groups is 1. The summed E-state index contributed by atoms with van der Waals surface area (Å²) in [5.74, 6) is -0.153. The van der Waals surface area contributed by atoms with Gasteiger partial charge in [-0.2, -0.15) is 0 Å². The molecule has 0 aliphatic carbocycles. The molecular weight excluding hydrogens is 216 g/mol. The van der Waals surface area contributed by atoms with Gasteiger partial charge in [0, 0.05) is 0 Å². The summed E-state index contributed by atoms with van der Waals surface area (Å²) in [5, 5.41) is 8.85. The lowest BCUT2D eigenvalue weighted by Crippen LogP contribution is -2.00. The summed E-state index contributed by atoms with van der Waals surface area (Å²) in [6.45, 7) is 0.366. The minimum Gasteiger partial charge on any atom is -0.489 e. The average molecular weight is 228 g/mol. The minimum atomic E-state index is -0.924. The Morgan fingerprint density at radius 1 is 1.06 bits per heavy atom. The summed E-state index contributed by atoms with van der Waals surface area (Å²) in [6.07, 6.45) is 0. The van der Waals surface area contributed by atoms with Crippen LogP contribution in [0.5, 0.6) is 5.75 Å². The number of hydrogen-bond donors (Lipinski definition) is 1. The van der Waals surface area contributed by atoms with Crippen molar-refractivity contribution in [2.75, 3.05) is 0 Å². The molecule has 0 spiro atoms. The molecule has 2 rings (SSSR count). The van der Waals surface area contributed by atoms with Gasteiger partial charge in [0.25, 0.3) is 0 Å². The Morgan fingerprint density at radius 3 is 2.53 bits per heavy atom. The summed E-state index contributed by atoms with van der Waals surface area (Å²) >= 11 is 0. The van der Waals surface area contributed by atoms with E-state index in [-0.39, 0.29) is 5.56 Å². The van der Waals surface area contributed by atoms with E-state index in [9.17, 15) is 4.79 Å². The molecule has 0 aliphatic rings. The summed E-state index contributed by atoms with van der Waals surface area (Å²) in [6, 6.07) is 16.2. The van der Waals surface area contributed by atoms with E-state index >= 15 is 0 Å². The van der Waals surface area contributed by atoms with Crippen molar-refractivity contribution in [2.24, 2.45) is 0 Å². The van der Waals surface area contributed by atoms with E-state index in [1.54, 1.807) is 18.2 Å². The van der Waals surface area contributed by atoms with Gasteiger partial charge >= 0.3 is 5.97 Å². The Morgan fingerprint density at radius 2 is 1.82 bits per heavy atom. The first-order valence-electron chi connectivity index (χ1n) is 5.26. The lowest BCUT2D eigenvalue weighted by Gasteiger charge is -2.06. The molecule has 86 valence electrons. The molecule has 0 amide bonds. The van der Waals surface area contributed by atoms with E-state index in [1.807, 2.05) is 36.4 Å². The number of carboxylic acids is 1. The molecule has 1 N–H and O–H groups in total. The van der Waals surface area contributed by atoms with Crippen LogP contribution in [0.3, 0.4) is 0 Å². The van der Waals surface area contributed by atoms with Crippen molar-refractivity contribution in [3.05, 3.63) is 65.7 Å². The Kier molecular flexibility index (Phi) is 3.40. The monoisotopic (exact) mass is 228 g/mol. The molecule has 0 aromatic heterocycles. The van der Waals surface area contributed by atoms with E-state index in [2.05, 4.69) is 0 Å². The second-order valence-corrected chi connectivity index (χ2v) is 3.61. The van der Waals surface area contributed by atoms with Crippen LogP contribution < -0.4 is 4.74 Å². The van der Waals surface area contributed by atoms with Crippen molar-refractivity contribution < 1.29 is 14.6 Å². The third-order valence-corrected chi connectivity index (χ3v) is 2.32. The highest BCUT2D eigenvalue weighted by Crippen LogP contribution is 2.12. The number of hydrogen-bond acceptors (Lipinski definition) is 2. The molecule has 3 nitrogen and oxygen atoms in total. The fourth-order valence-electron chi connectivity index (χ4n) is 1.48. The fraction of sp³-hybridized carbons (Fsp3) is 0.0714. The first kappa shape index (κ1) is 11.2. The smallest absolute Gasteiger partial charge is 0.335 e. The predicted octanol–water partition coefficient (Wildman–Crippen LogP) is 2.96. The Labute approximate surface area is 99.3 Å². The maximum Gasteiger partial charge on any atom is 0.335 e. The van der Waals surface area contributed by atoms with Crippen LogP contribution in [0.2, 0.25) is 0 Å². The maximum atomic E-state index is 10.8. The van der Waals surface area contributed by atoms with Crippen molar-refractivity contribution in [1.29, 1.82) is 0 Å². The predicted molar refractivity (Wildman–Crippen MR) is 64.2 cm³/mol. The van der Waals surface area contributed by atoms with Crippen LogP contribution in [0.15, 0.2) is 54.6 Å². The van der Waals surface area contributed by atoms with Gasteiger partial charge in [-0.25, -0.2) is 4.79 Å². The molecule has 2 aromatic rings. The zero-order chi connectivity index (χ0) is 12.1. The topological polar surface area (TPSA) is 46.5 Å². The van der Waals surface area contributed by atoms with Crippen molar-refractivity contribution in [3.8, 4) is 5.75 Å². The summed E-state index contributed by atoms with van der Waals surface area (Å²) in [5.41, 5.74) is 1.12. The number of aromatic carboxylic acids is 1. The van der Waals surface area contributed by atoms with Gasteiger partial charge in [-0.05, 0) is 29.8 Å². The number of benzene rings is 2. The van der Waals surface area contributed by atoms with Crippen molar-refractivity contribution in [2.45, 2.75) is 6.61 Å². The third kappa shape index (κ3) is 3.08. The third-order valence-electron chi connectivity index (χ3n) is 2.32. The van der Waals surface area contributed by atoms with Crippen molar-refractivity contribution in [1.82, 2.24) is 0 Å². The van der Waals surface area contributed by atoms with Crippen LogP contribution in [-0.2, 0) is 6.61 Å². The van der Waals surface area contributed by atoms with Gasteiger partial charge in [0.1, 0.15) is 12.4 Å². The number of para-hydroxylation sites is 1. The first-order valence-corrected chi connectivity index (χ1v) is 5.26. The molecule has 0 saturated carbocycles. The molecule has 0 bridgehead atoms. The van der Waals surface area contributed by atoms with Crippen LogP contribution in [0.4, 0.5) is 0 Å². The number of carboxylic acid groups (broad SMARTS) is 1. The van der Waals surface area contributed by atoms with Gasteiger partial charge in [0.2, 0.25) is 0 Å². The normalized spacial score (nSPS) is 9.88. The largest absolute Gasteiger partial charge is 0.489 e. The molecule has 3 heteroatoms. The summed E-state index contributed by atoms with van der Waals surface area (Å²) in [4.78, 5) is 10.8. The highest BCUT2D eigenvalue weighted by atomic mass is 16.5. The van der Waals surface area contributed by atoms with Crippen LogP contribution in [0, 0.1) is 0 Å². The van der Waals surface area contributed by atoms with Gasteiger partial charge < -0.3 is 9.84 Å². The number of ether oxygens (including phenoxy) is 1. The van der Waals surface area contributed by atoms with Crippen LogP contribution >= 0.6 is 0 Å². The number of rotatable bonds is 4. The van der Waals surface area contributed by atoms with Gasteiger partial charge in [0.15, 0.2) is 0 Å². The van der Waals surface area contributed by atoms with E-state index in [0.29, 0.717) is 6.61 Å². The van der Waals surface area contributed by atoms with E-state index in [1.165, 1.54) is 0 Å². The van der Waals surface area contributed by atoms with Gasteiger partial charge in [0.05, 0.1) is 5.56 Å². The molecular formula is C14H12O3. The molecule has 0 heterocycles. The fourth-order valence-corrected chi connectivity index (χ4v) is 1.48. The van der Waals surface area contributed by atoms with Crippen LogP contribution in [0.25, 0.3) is 0 Å². The van der Waals surface area contributed by atoms with Gasteiger partial charge in [-0.1, -0.05) is 30.3 Å². The van der Waals surface area contributed by atoms with Crippen molar-refractivity contribution >= 4 is 5.97 Å². The first-order chi connectivity index (χ1) is 8.25. The zero-order valence-electron chi connectivity index (χ0n) is 9.17. The summed E-state index contributed by atoms with van der Waals surface area (Å²) in [7, 11) is 0. The molecule has 0 aliphatic heterocycles. The molecule has 0 saturated heterocycles. The molecule has 0 fully saturated rings. The van der Waals surface area contributed by atoms with Gasteiger partial charge in [-0.15, -0.1) is 0 Å². The minimum absolute atomic E-state index is 0.277. The molecule has 0 atom stereocenters. The van der Waals surface area contributed by atoms with Crippen molar-refractivity contribution in [3.63, 3.8) is 0 Å². The molecule has 2 aromatic carbocycles. The zero-order valence-corrected chi connectivity index (χ0v) is 9.17. The lowest BCUT2D eigenvalue weighted by molar-refractivity contribution is 0.0696.